The zero-order chi connectivity index (χ0) is 17.9. The van der Waals surface area contributed by atoms with Gasteiger partial charge >= 0.3 is 0 Å². The van der Waals surface area contributed by atoms with Crippen LogP contribution in [0.15, 0.2) is 29.3 Å². The quantitative estimate of drug-likeness (QED) is 0.246. The van der Waals surface area contributed by atoms with Crippen molar-refractivity contribution in [3.63, 3.8) is 0 Å². The van der Waals surface area contributed by atoms with E-state index in [4.69, 9.17) is 21.1 Å². The highest BCUT2D eigenvalue weighted by Gasteiger charge is 2.13. The van der Waals surface area contributed by atoms with E-state index in [2.05, 4.69) is 29.5 Å². The molecule has 1 atom stereocenters. The van der Waals surface area contributed by atoms with E-state index >= 15 is 0 Å². The number of halogens is 2. The van der Waals surface area contributed by atoms with Crippen molar-refractivity contribution in [2.24, 2.45) is 4.99 Å². The van der Waals surface area contributed by atoms with E-state index in [0.29, 0.717) is 6.10 Å². The van der Waals surface area contributed by atoms with E-state index in [9.17, 15) is 0 Å². The third-order valence-electron chi connectivity index (χ3n) is 4.16. The number of nitrogens with zero attached hydrogens (tertiary/aromatic N) is 1. The van der Waals surface area contributed by atoms with Gasteiger partial charge in [0.2, 0.25) is 0 Å². The molecule has 0 amide bonds. The Morgan fingerprint density at radius 2 is 2.00 bits per heavy atom. The molecule has 0 aromatic heterocycles. The van der Waals surface area contributed by atoms with Crippen molar-refractivity contribution in [2.45, 2.75) is 45.3 Å². The molecule has 0 bridgehead atoms. The minimum absolute atomic E-state index is 0. The zero-order valence-corrected chi connectivity index (χ0v) is 18.8. The number of hydrogen-bond donors (Lipinski definition) is 2. The average molecular weight is 496 g/mol. The first-order valence-corrected chi connectivity index (χ1v) is 9.56. The molecule has 1 aliphatic rings. The van der Waals surface area contributed by atoms with Gasteiger partial charge in [-0.05, 0) is 50.8 Å². The van der Waals surface area contributed by atoms with Crippen molar-refractivity contribution in [1.82, 2.24) is 10.6 Å². The van der Waals surface area contributed by atoms with Crippen LogP contribution in [0.1, 0.15) is 44.7 Å². The highest BCUT2D eigenvalue weighted by molar-refractivity contribution is 14.0. The minimum atomic E-state index is 0. The topological polar surface area (TPSA) is 54.9 Å². The predicted octanol–water partition coefficient (Wildman–Crippen LogP) is 4.16. The molecule has 0 aliphatic carbocycles. The Hall–Kier alpha value is -0.570. The Morgan fingerprint density at radius 1 is 1.31 bits per heavy atom. The van der Waals surface area contributed by atoms with Gasteiger partial charge in [-0.1, -0.05) is 23.7 Å². The van der Waals surface area contributed by atoms with Gasteiger partial charge in [-0.2, -0.15) is 0 Å². The molecule has 0 saturated carbocycles. The number of nitrogens with one attached hydrogen (secondary N) is 2. The molecule has 0 radical (unpaired) electrons. The molecule has 2 N–H and O–H groups in total. The number of hydrogen-bond acceptors (Lipinski definition) is 3. The van der Waals surface area contributed by atoms with Crippen LogP contribution in [0, 0.1) is 0 Å². The van der Waals surface area contributed by atoms with Gasteiger partial charge in [-0.25, -0.2) is 0 Å². The molecular weight excluding hydrogens is 465 g/mol. The van der Waals surface area contributed by atoms with Crippen LogP contribution in [0.2, 0.25) is 5.02 Å². The van der Waals surface area contributed by atoms with Gasteiger partial charge in [0.15, 0.2) is 5.96 Å². The van der Waals surface area contributed by atoms with Gasteiger partial charge in [-0.15, -0.1) is 24.0 Å². The van der Waals surface area contributed by atoms with Crippen molar-refractivity contribution >= 4 is 41.5 Å². The molecule has 1 heterocycles. The number of aliphatic imine (C=N–C) groups is 1. The second-order valence-corrected chi connectivity index (χ2v) is 6.65. The van der Waals surface area contributed by atoms with Gasteiger partial charge in [0, 0.05) is 37.9 Å². The second-order valence-electron chi connectivity index (χ2n) is 6.21. The third-order valence-corrected chi connectivity index (χ3v) is 4.41. The number of benzene rings is 1. The average Bonchev–Trinajstić information content (AvgIpc) is 2.63. The maximum Gasteiger partial charge on any atom is 0.191 e. The summed E-state index contributed by atoms with van der Waals surface area (Å²) in [5, 5.41) is 7.47. The van der Waals surface area contributed by atoms with Crippen LogP contribution in [0.4, 0.5) is 0 Å². The van der Waals surface area contributed by atoms with E-state index < -0.39 is 0 Å². The molecule has 148 valence electrons. The molecule has 1 aliphatic heterocycles. The van der Waals surface area contributed by atoms with Crippen LogP contribution in [0.5, 0.6) is 0 Å². The maximum atomic E-state index is 5.95. The standard InChI is InChI=1S/C19H30ClN3O2.HI/c1-3-21-19(23-15(2)16-5-7-17(20)8-6-16)22-11-4-12-25-18-9-13-24-14-10-18;/h5-8,15,18H,3-4,9-14H2,1-2H3,(H2,21,22,23);1H. The Labute approximate surface area is 179 Å². The van der Waals surface area contributed by atoms with Crippen molar-refractivity contribution in [2.75, 3.05) is 32.9 Å². The smallest absolute Gasteiger partial charge is 0.191 e. The molecule has 2 rings (SSSR count). The Balaban J connectivity index is 0.00000338. The summed E-state index contributed by atoms with van der Waals surface area (Å²) in [6.07, 6.45) is 3.29. The number of rotatable bonds is 8. The van der Waals surface area contributed by atoms with Crippen molar-refractivity contribution in [3.05, 3.63) is 34.9 Å². The van der Waals surface area contributed by atoms with Crippen LogP contribution in [0.3, 0.4) is 0 Å². The first kappa shape index (κ1) is 23.5. The lowest BCUT2D eigenvalue weighted by Gasteiger charge is -2.22. The fourth-order valence-electron chi connectivity index (χ4n) is 2.71. The minimum Gasteiger partial charge on any atom is -0.381 e. The summed E-state index contributed by atoms with van der Waals surface area (Å²) in [7, 11) is 0. The number of guanidine groups is 1. The predicted molar refractivity (Wildman–Crippen MR) is 119 cm³/mol. The first-order chi connectivity index (χ1) is 12.2. The lowest BCUT2D eigenvalue weighted by atomic mass is 10.1. The van der Waals surface area contributed by atoms with Crippen LogP contribution in [-0.4, -0.2) is 45.0 Å². The molecule has 0 spiro atoms. The van der Waals surface area contributed by atoms with Crippen LogP contribution >= 0.6 is 35.6 Å². The Bertz CT molecular complexity index is 522. The fraction of sp³-hybridized carbons (Fsp3) is 0.632. The van der Waals surface area contributed by atoms with E-state index in [0.717, 1.165) is 63.2 Å². The highest BCUT2D eigenvalue weighted by atomic mass is 127. The SMILES string of the molecule is CCNC(=NCCCOC1CCOCC1)NC(C)c1ccc(Cl)cc1.I. The molecular formula is C19H31ClIN3O2. The summed E-state index contributed by atoms with van der Waals surface area (Å²) in [4.78, 5) is 4.64. The summed E-state index contributed by atoms with van der Waals surface area (Å²) < 4.78 is 11.2. The van der Waals surface area contributed by atoms with Crippen molar-refractivity contribution < 1.29 is 9.47 Å². The summed E-state index contributed by atoms with van der Waals surface area (Å²) in [6, 6.07) is 8.05. The van der Waals surface area contributed by atoms with E-state index in [-0.39, 0.29) is 30.0 Å². The summed E-state index contributed by atoms with van der Waals surface area (Å²) in [5.74, 6) is 0.830. The van der Waals surface area contributed by atoms with Gasteiger partial charge in [0.25, 0.3) is 0 Å². The third kappa shape index (κ3) is 8.88. The lowest BCUT2D eigenvalue weighted by Crippen LogP contribution is -2.38. The van der Waals surface area contributed by atoms with Gasteiger partial charge < -0.3 is 20.1 Å². The fourth-order valence-corrected chi connectivity index (χ4v) is 2.83. The van der Waals surface area contributed by atoms with Crippen molar-refractivity contribution in [1.29, 1.82) is 0 Å². The van der Waals surface area contributed by atoms with Gasteiger partial charge in [0.1, 0.15) is 0 Å². The molecule has 26 heavy (non-hydrogen) atoms. The van der Waals surface area contributed by atoms with E-state index in [1.165, 1.54) is 5.56 Å². The summed E-state index contributed by atoms with van der Waals surface area (Å²) in [5.41, 5.74) is 1.18. The molecule has 1 saturated heterocycles. The summed E-state index contributed by atoms with van der Waals surface area (Å²) >= 11 is 5.95. The van der Waals surface area contributed by atoms with Crippen LogP contribution in [0.25, 0.3) is 0 Å². The molecule has 7 heteroatoms. The van der Waals surface area contributed by atoms with Crippen LogP contribution in [-0.2, 0) is 9.47 Å². The largest absolute Gasteiger partial charge is 0.381 e. The second kappa shape index (κ2) is 13.6. The highest BCUT2D eigenvalue weighted by Crippen LogP contribution is 2.16. The monoisotopic (exact) mass is 495 g/mol. The molecule has 1 aromatic rings. The molecule has 1 unspecified atom stereocenters. The Kier molecular flexibility index (Phi) is 12.3. The van der Waals surface area contributed by atoms with Gasteiger partial charge in [-0.3, -0.25) is 4.99 Å². The Morgan fingerprint density at radius 3 is 2.65 bits per heavy atom. The molecule has 1 fully saturated rings. The van der Waals surface area contributed by atoms with E-state index in [1.54, 1.807) is 0 Å². The molecule has 1 aromatic carbocycles. The lowest BCUT2D eigenvalue weighted by molar-refractivity contribution is -0.0318. The van der Waals surface area contributed by atoms with E-state index in [1.807, 2.05) is 24.3 Å². The zero-order valence-electron chi connectivity index (χ0n) is 15.7. The number of ether oxygens (including phenoxy) is 2. The summed E-state index contributed by atoms with van der Waals surface area (Å²) in [6.45, 7) is 8.15. The molecule has 5 nitrogen and oxygen atoms in total. The first-order valence-electron chi connectivity index (χ1n) is 9.18. The van der Waals surface area contributed by atoms with Gasteiger partial charge in [0.05, 0.1) is 12.1 Å². The van der Waals surface area contributed by atoms with Crippen LogP contribution < -0.4 is 10.6 Å². The van der Waals surface area contributed by atoms with Crippen molar-refractivity contribution in [3.8, 4) is 0 Å². The maximum absolute atomic E-state index is 5.95. The normalized spacial score (nSPS) is 16.7.